The molecule has 1 heterocycles. The Bertz CT molecular complexity index is 947. The zero-order valence-corrected chi connectivity index (χ0v) is 16.8. The van der Waals surface area contributed by atoms with Crippen molar-refractivity contribution in [1.82, 2.24) is 9.21 Å². The van der Waals surface area contributed by atoms with E-state index in [2.05, 4.69) is 5.32 Å². The van der Waals surface area contributed by atoms with Crippen LogP contribution >= 0.6 is 0 Å². The molecule has 1 aliphatic heterocycles. The third-order valence-corrected chi connectivity index (χ3v) is 6.20. The van der Waals surface area contributed by atoms with Crippen molar-refractivity contribution in [2.45, 2.75) is 6.42 Å². The monoisotopic (exact) mass is 417 g/mol. The van der Waals surface area contributed by atoms with Crippen molar-refractivity contribution in [2.75, 3.05) is 38.0 Å². The number of hydrogen-bond acceptors (Lipinski definition) is 4. The molecule has 0 bridgehead atoms. The van der Waals surface area contributed by atoms with Crippen molar-refractivity contribution in [3.8, 4) is 0 Å². The highest BCUT2D eigenvalue weighted by molar-refractivity contribution is 7.92. The number of anilines is 1. The van der Waals surface area contributed by atoms with E-state index in [1.807, 2.05) is 35.2 Å². The van der Waals surface area contributed by atoms with Gasteiger partial charge in [0.25, 0.3) is 0 Å². The number of sulfonamides is 1. The lowest BCUT2D eigenvalue weighted by atomic mass is 10.2. The van der Waals surface area contributed by atoms with E-state index >= 15 is 0 Å². The van der Waals surface area contributed by atoms with Gasteiger partial charge in [-0.15, -0.1) is 0 Å². The van der Waals surface area contributed by atoms with Gasteiger partial charge in [-0.1, -0.05) is 30.3 Å². The third-order valence-electron chi connectivity index (χ3n) is 4.63. The van der Waals surface area contributed by atoms with Crippen LogP contribution in [-0.2, 0) is 14.8 Å². The highest BCUT2D eigenvalue weighted by atomic mass is 32.2. The molecule has 0 atom stereocenters. The molecular formula is C21H24FN3O3S. The smallest absolute Gasteiger partial charge is 0.238 e. The number of carbonyl (C=O) groups is 1. The quantitative estimate of drug-likeness (QED) is 0.785. The molecule has 0 radical (unpaired) electrons. The van der Waals surface area contributed by atoms with Crippen LogP contribution in [0.2, 0.25) is 0 Å². The van der Waals surface area contributed by atoms with E-state index in [4.69, 9.17) is 0 Å². The molecule has 0 aliphatic carbocycles. The predicted molar refractivity (Wildman–Crippen MR) is 112 cm³/mol. The molecule has 1 aliphatic rings. The largest absolute Gasteiger partial charge is 0.325 e. The number of halogens is 1. The first-order chi connectivity index (χ1) is 13.9. The summed E-state index contributed by atoms with van der Waals surface area (Å²) >= 11 is 0. The number of hydrogen-bond donors (Lipinski definition) is 1. The van der Waals surface area contributed by atoms with Crippen molar-refractivity contribution >= 4 is 27.7 Å². The van der Waals surface area contributed by atoms with E-state index < -0.39 is 10.0 Å². The van der Waals surface area contributed by atoms with Gasteiger partial charge in [-0.3, -0.25) is 9.69 Å². The molecule has 0 aromatic heterocycles. The Hall–Kier alpha value is -2.55. The molecule has 0 spiro atoms. The Morgan fingerprint density at radius 3 is 2.45 bits per heavy atom. The van der Waals surface area contributed by atoms with Crippen LogP contribution in [0.5, 0.6) is 0 Å². The Morgan fingerprint density at radius 2 is 1.72 bits per heavy atom. The molecule has 2 aromatic carbocycles. The van der Waals surface area contributed by atoms with Crippen LogP contribution in [0.25, 0.3) is 6.08 Å². The normalized spacial score (nSPS) is 16.6. The molecule has 29 heavy (non-hydrogen) atoms. The van der Waals surface area contributed by atoms with Gasteiger partial charge in [0.1, 0.15) is 5.82 Å². The number of benzene rings is 2. The van der Waals surface area contributed by atoms with E-state index in [1.54, 1.807) is 6.08 Å². The maximum absolute atomic E-state index is 12.9. The summed E-state index contributed by atoms with van der Waals surface area (Å²) in [5.41, 5.74) is 1.35. The first kappa shape index (κ1) is 21.2. The van der Waals surface area contributed by atoms with E-state index in [-0.39, 0.29) is 18.3 Å². The third kappa shape index (κ3) is 6.49. The van der Waals surface area contributed by atoms with Crippen LogP contribution < -0.4 is 5.32 Å². The summed E-state index contributed by atoms with van der Waals surface area (Å²) in [4.78, 5) is 14.2. The summed E-state index contributed by atoms with van der Waals surface area (Å²) in [6.45, 7) is 1.99. The molecule has 0 saturated carbocycles. The molecule has 3 rings (SSSR count). The Labute approximate surface area is 170 Å². The highest BCUT2D eigenvalue weighted by Gasteiger charge is 2.24. The predicted octanol–water partition coefficient (Wildman–Crippen LogP) is 2.77. The van der Waals surface area contributed by atoms with Gasteiger partial charge in [-0.05, 0) is 48.9 Å². The Balaban J connectivity index is 1.53. The molecule has 1 amide bonds. The van der Waals surface area contributed by atoms with Gasteiger partial charge >= 0.3 is 0 Å². The van der Waals surface area contributed by atoms with Crippen molar-refractivity contribution in [3.05, 3.63) is 71.4 Å². The van der Waals surface area contributed by atoms with Crippen LogP contribution in [0.4, 0.5) is 10.1 Å². The number of amides is 1. The second-order valence-electron chi connectivity index (χ2n) is 6.84. The molecule has 0 unspecified atom stereocenters. The van der Waals surface area contributed by atoms with E-state index in [0.29, 0.717) is 38.3 Å². The van der Waals surface area contributed by atoms with Gasteiger partial charge in [-0.25, -0.2) is 12.8 Å². The molecule has 1 fully saturated rings. The van der Waals surface area contributed by atoms with Gasteiger partial charge in [0.15, 0.2) is 0 Å². The molecule has 2 aromatic rings. The SMILES string of the molecule is O=C(CN1CCCN(S(=O)(=O)C=Cc2ccccc2)CC1)Nc1ccc(F)cc1. The molecular weight excluding hydrogens is 393 g/mol. The van der Waals surface area contributed by atoms with E-state index in [1.165, 1.54) is 34.0 Å². The number of nitrogens with one attached hydrogen (secondary N) is 1. The van der Waals surface area contributed by atoms with Crippen LogP contribution in [0.1, 0.15) is 12.0 Å². The fraction of sp³-hybridized carbons (Fsp3) is 0.286. The zero-order valence-electron chi connectivity index (χ0n) is 16.0. The van der Waals surface area contributed by atoms with Gasteiger partial charge < -0.3 is 5.32 Å². The van der Waals surface area contributed by atoms with Gasteiger partial charge in [0.2, 0.25) is 15.9 Å². The maximum Gasteiger partial charge on any atom is 0.238 e. The second-order valence-corrected chi connectivity index (χ2v) is 8.66. The second kappa shape index (κ2) is 9.78. The number of carbonyl (C=O) groups excluding carboxylic acids is 1. The number of rotatable bonds is 6. The van der Waals surface area contributed by atoms with Gasteiger partial charge in [0.05, 0.1) is 6.54 Å². The maximum atomic E-state index is 12.9. The first-order valence-corrected chi connectivity index (χ1v) is 10.9. The van der Waals surface area contributed by atoms with Crippen molar-refractivity contribution < 1.29 is 17.6 Å². The summed E-state index contributed by atoms with van der Waals surface area (Å²) in [5, 5.41) is 3.96. The Kier molecular flexibility index (Phi) is 7.13. The lowest BCUT2D eigenvalue weighted by Crippen LogP contribution is -2.37. The fourth-order valence-corrected chi connectivity index (χ4v) is 4.33. The molecule has 8 heteroatoms. The topological polar surface area (TPSA) is 69.7 Å². The minimum absolute atomic E-state index is 0.158. The summed E-state index contributed by atoms with van der Waals surface area (Å²) in [6, 6.07) is 14.8. The standard InChI is InChI=1S/C21H24FN3O3S/c22-19-7-9-20(10-8-19)23-21(26)17-24-12-4-13-25(15-14-24)29(27,28)16-11-18-5-2-1-3-6-18/h1-3,5-11,16H,4,12-15,17H2,(H,23,26). The van der Waals surface area contributed by atoms with Crippen LogP contribution in [-0.4, -0.2) is 56.3 Å². The zero-order chi connectivity index (χ0) is 20.7. The molecule has 154 valence electrons. The van der Waals surface area contributed by atoms with Gasteiger partial charge in [0, 0.05) is 30.7 Å². The highest BCUT2D eigenvalue weighted by Crippen LogP contribution is 2.13. The van der Waals surface area contributed by atoms with Crippen molar-refractivity contribution in [1.29, 1.82) is 0 Å². The lowest BCUT2D eigenvalue weighted by Gasteiger charge is -2.20. The van der Waals surface area contributed by atoms with Gasteiger partial charge in [-0.2, -0.15) is 4.31 Å². The first-order valence-electron chi connectivity index (χ1n) is 9.43. The van der Waals surface area contributed by atoms with Crippen LogP contribution in [0.15, 0.2) is 60.0 Å². The average Bonchev–Trinajstić information content (AvgIpc) is 2.95. The minimum atomic E-state index is -3.52. The van der Waals surface area contributed by atoms with Crippen LogP contribution in [0.3, 0.4) is 0 Å². The Morgan fingerprint density at radius 1 is 1.00 bits per heavy atom. The molecule has 1 N–H and O–H groups in total. The minimum Gasteiger partial charge on any atom is -0.325 e. The molecule has 6 nitrogen and oxygen atoms in total. The summed E-state index contributed by atoms with van der Waals surface area (Å²) in [5.74, 6) is -0.574. The van der Waals surface area contributed by atoms with Crippen LogP contribution in [0, 0.1) is 5.82 Å². The van der Waals surface area contributed by atoms with Crippen molar-refractivity contribution in [2.24, 2.45) is 0 Å². The van der Waals surface area contributed by atoms with E-state index in [0.717, 1.165) is 5.56 Å². The lowest BCUT2D eigenvalue weighted by molar-refractivity contribution is -0.117. The number of nitrogens with zero attached hydrogens (tertiary/aromatic N) is 2. The summed E-state index contributed by atoms with van der Waals surface area (Å²) in [6.07, 6.45) is 2.23. The fourth-order valence-electron chi connectivity index (χ4n) is 3.11. The molecule has 1 saturated heterocycles. The van der Waals surface area contributed by atoms with Crippen molar-refractivity contribution in [3.63, 3.8) is 0 Å². The van der Waals surface area contributed by atoms with E-state index in [9.17, 15) is 17.6 Å². The summed E-state index contributed by atoms with van der Waals surface area (Å²) in [7, 11) is -3.52. The summed E-state index contributed by atoms with van der Waals surface area (Å²) < 4.78 is 39.6. The average molecular weight is 418 g/mol.